The molecule has 0 radical (unpaired) electrons. The maximum absolute atomic E-state index is 11.1. The van der Waals surface area contributed by atoms with E-state index >= 15 is 0 Å². The zero-order valence-corrected chi connectivity index (χ0v) is 20.0. The van der Waals surface area contributed by atoms with Crippen LogP contribution in [0.3, 0.4) is 0 Å². The number of aryl methyl sites for hydroxylation is 2. The lowest BCUT2D eigenvalue weighted by Gasteiger charge is -2.42. The van der Waals surface area contributed by atoms with Gasteiger partial charge in [0.05, 0.1) is 12.5 Å². The molecule has 34 heavy (non-hydrogen) atoms. The van der Waals surface area contributed by atoms with Crippen molar-refractivity contribution in [1.29, 1.82) is 0 Å². The van der Waals surface area contributed by atoms with Crippen LogP contribution in [-0.4, -0.2) is 35.7 Å². The SMILES string of the molecule is Cc1cc(CCOc2ccc3c(c2)CCC3N(C)C2CC(C(=O)O)C2)ccc1-c1ccccc1. The molecule has 1 unspecified atom stereocenters. The standard InChI is InChI=1S/C30H33NO3/c1-20-16-21(8-11-27(20)22-6-4-3-5-7-22)14-15-34-26-10-12-28-23(19-26)9-13-29(28)31(2)25-17-24(18-25)30(32)33/h3-8,10-12,16,19,24-25,29H,9,13-15,17-18H2,1-2H3,(H,32,33). The molecular formula is C30H33NO3. The van der Waals surface area contributed by atoms with Crippen molar-refractivity contribution in [3.8, 4) is 16.9 Å². The second kappa shape index (κ2) is 9.63. The number of ether oxygens (including phenoxy) is 1. The molecule has 0 amide bonds. The smallest absolute Gasteiger partial charge is 0.306 e. The van der Waals surface area contributed by atoms with Gasteiger partial charge in [-0.15, -0.1) is 0 Å². The van der Waals surface area contributed by atoms with Gasteiger partial charge in [-0.1, -0.05) is 54.6 Å². The Kier molecular flexibility index (Phi) is 6.42. The molecule has 0 spiro atoms. The molecule has 3 aromatic rings. The number of fused-ring (bicyclic) bond motifs is 1. The molecule has 2 aliphatic carbocycles. The fourth-order valence-electron chi connectivity index (χ4n) is 5.57. The second-order valence-electron chi connectivity index (χ2n) is 9.85. The molecule has 0 heterocycles. The number of rotatable bonds is 8. The van der Waals surface area contributed by atoms with E-state index in [1.54, 1.807) is 0 Å². The third-order valence-electron chi connectivity index (χ3n) is 7.73. The number of nitrogens with zero attached hydrogens (tertiary/aromatic N) is 1. The Balaban J connectivity index is 1.16. The quantitative estimate of drug-likeness (QED) is 0.448. The highest BCUT2D eigenvalue weighted by atomic mass is 16.5. The van der Waals surface area contributed by atoms with Crippen LogP contribution in [0.4, 0.5) is 0 Å². The molecule has 3 aromatic carbocycles. The van der Waals surface area contributed by atoms with Crippen molar-refractivity contribution < 1.29 is 14.6 Å². The predicted octanol–water partition coefficient (Wildman–Crippen LogP) is 6.07. The maximum atomic E-state index is 11.1. The monoisotopic (exact) mass is 455 g/mol. The summed E-state index contributed by atoms with van der Waals surface area (Å²) in [4.78, 5) is 13.5. The van der Waals surface area contributed by atoms with Gasteiger partial charge in [-0.2, -0.15) is 0 Å². The van der Waals surface area contributed by atoms with Crippen LogP contribution < -0.4 is 4.74 Å². The zero-order chi connectivity index (χ0) is 23.7. The Hall–Kier alpha value is -3.11. The highest BCUT2D eigenvalue weighted by Crippen LogP contribution is 2.42. The second-order valence-corrected chi connectivity index (χ2v) is 9.85. The largest absolute Gasteiger partial charge is 0.493 e. The van der Waals surface area contributed by atoms with E-state index in [-0.39, 0.29) is 5.92 Å². The molecule has 2 aliphatic rings. The van der Waals surface area contributed by atoms with E-state index < -0.39 is 5.97 Å². The maximum Gasteiger partial charge on any atom is 0.306 e. The van der Waals surface area contributed by atoms with Gasteiger partial charge >= 0.3 is 5.97 Å². The van der Waals surface area contributed by atoms with Gasteiger partial charge in [0.15, 0.2) is 0 Å². The van der Waals surface area contributed by atoms with Crippen LogP contribution in [0.2, 0.25) is 0 Å². The van der Waals surface area contributed by atoms with Gasteiger partial charge in [0.1, 0.15) is 5.75 Å². The molecule has 0 aliphatic heterocycles. The lowest BCUT2D eigenvalue weighted by Crippen LogP contribution is -2.46. The molecule has 0 saturated heterocycles. The number of aliphatic carboxylic acids is 1. The van der Waals surface area contributed by atoms with E-state index in [1.807, 2.05) is 6.07 Å². The molecule has 1 saturated carbocycles. The summed E-state index contributed by atoms with van der Waals surface area (Å²) in [6.45, 7) is 2.83. The van der Waals surface area contributed by atoms with E-state index in [4.69, 9.17) is 4.74 Å². The average Bonchev–Trinajstić information content (AvgIpc) is 3.22. The third kappa shape index (κ3) is 4.60. The normalized spacial score (nSPS) is 21.2. The summed E-state index contributed by atoms with van der Waals surface area (Å²) in [5.41, 5.74) is 7.86. The van der Waals surface area contributed by atoms with Crippen LogP contribution in [0.15, 0.2) is 66.7 Å². The Morgan fingerprint density at radius 2 is 1.85 bits per heavy atom. The van der Waals surface area contributed by atoms with Crippen LogP contribution in [0.25, 0.3) is 11.1 Å². The van der Waals surface area contributed by atoms with Gasteiger partial charge in [-0.05, 0) is 85.2 Å². The number of carbonyl (C=O) groups is 1. The molecule has 176 valence electrons. The first kappa shape index (κ1) is 22.7. The number of hydrogen-bond acceptors (Lipinski definition) is 3. The molecule has 5 rings (SSSR count). The number of carboxylic acids is 1. The first-order valence-electron chi connectivity index (χ1n) is 12.3. The molecule has 4 heteroatoms. The molecule has 1 N–H and O–H groups in total. The van der Waals surface area contributed by atoms with Crippen molar-refractivity contribution in [2.45, 2.75) is 51.1 Å². The molecule has 1 atom stereocenters. The number of hydrogen-bond donors (Lipinski definition) is 1. The highest BCUT2D eigenvalue weighted by molar-refractivity contribution is 5.71. The van der Waals surface area contributed by atoms with E-state index in [0.717, 1.165) is 37.9 Å². The summed E-state index contributed by atoms with van der Waals surface area (Å²) in [5.74, 6) is 0.122. The lowest BCUT2D eigenvalue weighted by molar-refractivity contribution is -0.147. The van der Waals surface area contributed by atoms with Crippen molar-refractivity contribution in [2.24, 2.45) is 5.92 Å². The summed E-state index contributed by atoms with van der Waals surface area (Å²) in [7, 11) is 2.15. The molecule has 0 bridgehead atoms. The summed E-state index contributed by atoms with van der Waals surface area (Å²) in [5, 5.41) is 9.17. The minimum Gasteiger partial charge on any atom is -0.493 e. The van der Waals surface area contributed by atoms with Crippen LogP contribution in [0, 0.1) is 12.8 Å². The highest BCUT2D eigenvalue weighted by Gasteiger charge is 2.40. The van der Waals surface area contributed by atoms with Crippen molar-refractivity contribution >= 4 is 5.97 Å². The van der Waals surface area contributed by atoms with E-state index in [1.165, 1.54) is 33.4 Å². The van der Waals surface area contributed by atoms with Gasteiger partial charge in [0, 0.05) is 18.5 Å². The topological polar surface area (TPSA) is 49.8 Å². The first-order chi connectivity index (χ1) is 16.5. The summed E-state index contributed by atoms with van der Waals surface area (Å²) in [6.07, 6.45) is 4.56. The van der Waals surface area contributed by atoms with E-state index in [2.05, 4.69) is 79.5 Å². The van der Waals surface area contributed by atoms with Crippen LogP contribution in [0.1, 0.15) is 47.6 Å². The van der Waals surface area contributed by atoms with Crippen molar-refractivity contribution in [3.05, 3.63) is 89.0 Å². The fourth-order valence-corrected chi connectivity index (χ4v) is 5.57. The van der Waals surface area contributed by atoms with Crippen LogP contribution in [0.5, 0.6) is 5.75 Å². The number of benzene rings is 3. The Morgan fingerprint density at radius 1 is 1.06 bits per heavy atom. The molecule has 4 nitrogen and oxygen atoms in total. The summed E-state index contributed by atoms with van der Waals surface area (Å²) >= 11 is 0. The molecule has 0 aromatic heterocycles. The average molecular weight is 456 g/mol. The van der Waals surface area contributed by atoms with Crippen molar-refractivity contribution in [2.75, 3.05) is 13.7 Å². The zero-order valence-electron chi connectivity index (χ0n) is 20.0. The van der Waals surface area contributed by atoms with Gasteiger partial charge in [0.2, 0.25) is 0 Å². The summed E-state index contributed by atoms with van der Waals surface area (Å²) in [6, 6.07) is 24.5. The van der Waals surface area contributed by atoms with Crippen LogP contribution in [-0.2, 0) is 17.6 Å². The van der Waals surface area contributed by atoms with Crippen LogP contribution >= 0.6 is 0 Å². The number of carboxylic acid groups (broad SMARTS) is 1. The van der Waals surface area contributed by atoms with Gasteiger partial charge in [0.25, 0.3) is 0 Å². The minimum atomic E-state index is -0.652. The van der Waals surface area contributed by atoms with Gasteiger partial charge in [-0.3, -0.25) is 9.69 Å². The van der Waals surface area contributed by atoms with Crippen molar-refractivity contribution in [3.63, 3.8) is 0 Å². The van der Waals surface area contributed by atoms with Gasteiger partial charge in [-0.25, -0.2) is 0 Å². The lowest BCUT2D eigenvalue weighted by atomic mass is 9.79. The Labute approximate surface area is 202 Å². The third-order valence-corrected chi connectivity index (χ3v) is 7.73. The first-order valence-corrected chi connectivity index (χ1v) is 12.3. The molecule has 1 fully saturated rings. The van der Waals surface area contributed by atoms with Gasteiger partial charge < -0.3 is 9.84 Å². The van der Waals surface area contributed by atoms with E-state index in [9.17, 15) is 9.90 Å². The molecular weight excluding hydrogens is 422 g/mol. The Morgan fingerprint density at radius 3 is 2.59 bits per heavy atom. The summed E-state index contributed by atoms with van der Waals surface area (Å²) < 4.78 is 6.13. The Bertz CT molecular complexity index is 1170. The minimum absolute atomic E-state index is 0.164. The predicted molar refractivity (Wildman–Crippen MR) is 135 cm³/mol. The van der Waals surface area contributed by atoms with E-state index in [0.29, 0.717) is 18.7 Å². The van der Waals surface area contributed by atoms with Crippen molar-refractivity contribution in [1.82, 2.24) is 4.90 Å². The fraction of sp³-hybridized carbons (Fsp3) is 0.367.